The molecule has 7 heteroatoms. The molecule has 5 nitrogen and oxygen atoms in total. The third-order valence-electron chi connectivity index (χ3n) is 2.91. The number of ether oxygens (including phenoxy) is 1. The van der Waals surface area contributed by atoms with Crippen LogP contribution in [0.5, 0.6) is 0 Å². The number of esters is 1. The average molecular weight is 371 g/mol. The van der Waals surface area contributed by atoms with Crippen LogP contribution in [-0.4, -0.2) is 26.6 Å². The van der Waals surface area contributed by atoms with Crippen LogP contribution in [0.25, 0.3) is 0 Å². The summed E-state index contributed by atoms with van der Waals surface area (Å²) in [6, 6.07) is 7.32. The Morgan fingerprint density at radius 3 is 2.81 bits per heavy atom. The van der Waals surface area contributed by atoms with E-state index in [0.29, 0.717) is 22.8 Å². The average Bonchev–Trinajstić information content (AvgIpc) is 2.81. The zero-order chi connectivity index (χ0) is 15.4. The molecular weight excluding hydrogens is 356 g/mol. The molecule has 2 rings (SSSR count). The van der Waals surface area contributed by atoms with Crippen molar-refractivity contribution in [3.05, 3.63) is 46.2 Å². The molecule has 1 heterocycles. The summed E-state index contributed by atoms with van der Waals surface area (Å²) in [7, 11) is 0.437. The van der Waals surface area contributed by atoms with Crippen LogP contribution in [0.3, 0.4) is 0 Å². The smallest absolute Gasteiger partial charge is 0.341 e. The maximum Gasteiger partial charge on any atom is 0.341 e. The van der Waals surface area contributed by atoms with Crippen LogP contribution >= 0.6 is 15.9 Å². The Morgan fingerprint density at radius 1 is 1.43 bits per heavy atom. The Kier molecular flexibility index (Phi) is 5.30. The first-order valence-corrected chi connectivity index (χ1v) is 8.46. The molecule has 0 aliphatic heterocycles. The number of hydrogen-bond acceptors (Lipinski definition) is 4. The Morgan fingerprint density at radius 2 is 2.14 bits per heavy atom. The summed E-state index contributed by atoms with van der Waals surface area (Å²) in [5.74, 6) is -0.238. The van der Waals surface area contributed by atoms with E-state index >= 15 is 0 Å². The lowest BCUT2D eigenvalue weighted by molar-refractivity contribution is 0.0525. The molecule has 2 aromatic rings. The Hall–Kier alpha value is -1.47. The summed E-state index contributed by atoms with van der Waals surface area (Å²) in [5, 5.41) is 4.06. The maximum atomic E-state index is 12.5. The number of aromatic nitrogens is 2. The van der Waals surface area contributed by atoms with E-state index in [1.165, 1.54) is 6.20 Å². The van der Waals surface area contributed by atoms with Crippen molar-refractivity contribution in [3.63, 3.8) is 0 Å². The lowest BCUT2D eigenvalue weighted by atomic mass is 10.3. The second kappa shape index (κ2) is 7.00. The molecule has 1 unspecified atom stereocenters. The highest BCUT2D eigenvalue weighted by Gasteiger charge is 2.20. The number of rotatable bonds is 5. The van der Waals surface area contributed by atoms with Crippen molar-refractivity contribution in [2.75, 3.05) is 6.61 Å². The molecule has 0 bridgehead atoms. The minimum absolute atomic E-state index is 0.202. The van der Waals surface area contributed by atoms with Gasteiger partial charge in [0.1, 0.15) is 5.56 Å². The molecule has 112 valence electrons. The van der Waals surface area contributed by atoms with Crippen LogP contribution < -0.4 is 0 Å². The van der Waals surface area contributed by atoms with E-state index in [2.05, 4.69) is 21.0 Å². The molecule has 1 aromatic heterocycles. The number of aryl methyl sites for hydroxylation is 1. The van der Waals surface area contributed by atoms with Crippen LogP contribution in [0, 0.1) is 0 Å². The number of benzene rings is 1. The SMILES string of the molecule is CCOC(=O)c1cnn(C)c1CS(=O)c1ccccc1Br. The summed E-state index contributed by atoms with van der Waals surface area (Å²) in [5.41, 5.74) is 0.960. The van der Waals surface area contributed by atoms with Crippen molar-refractivity contribution in [2.45, 2.75) is 17.6 Å². The van der Waals surface area contributed by atoms with E-state index in [0.717, 1.165) is 4.47 Å². The van der Waals surface area contributed by atoms with E-state index in [1.54, 1.807) is 24.7 Å². The number of carbonyl (C=O) groups excluding carboxylic acids is 1. The fourth-order valence-electron chi connectivity index (χ4n) is 1.84. The van der Waals surface area contributed by atoms with E-state index in [-0.39, 0.29) is 5.75 Å². The summed E-state index contributed by atoms with van der Waals surface area (Å²) < 4.78 is 19.8. The molecule has 0 saturated carbocycles. The van der Waals surface area contributed by atoms with E-state index in [4.69, 9.17) is 4.74 Å². The Bertz CT molecular complexity index is 685. The highest BCUT2D eigenvalue weighted by atomic mass is 79.9. The first-order chi connectivity index (χ1) is 10.0. The molecule has 21 heavy (non-hydrogen) atoms. The minimum atomic E-state index is -1.28. The van der Waals surface area contributed by atoms with E-state index < -0.39 is 16.8 Å². The van der Waals surface area contributed by atoms with Gasteiger partial charge in [-0.05, 0) is 35.0 Å². The Balaban J connectivity index is 2.28. The second-order valence-electron chi connectivity index (χ2n) is 4.27. The molecular formula is C14H15BrN2O3S. The van der Waals surface area contributed by atoms with Crippen molar-refractivity contribution in [3.8, 4) is 0 Å². The summed E-state index contributed by atoms with van der Waals surface area (Å²) >= 11 is 3.38. The molecule has 0 spiro atoms. The van der Waals surface area contributed by atoms with E-state index in [1.807, 2.05) is 18.2 Å². The van der Waals surface area contributed by atoms with Gasteiger partial charge >= 0.3 is 5.97 Å². The van der Waals surface area contributed by atoms with Crippen molar-refractivity contribution >= 4 is 32.7 Å². The maximum absolute atomic E-state index is 12.5. The molecule has 0 fully saturated rings. The number of halogens is 1. The third kappa shape index (κ3) is 3.59. The first-order valence-electron chi connectivity index (χ1n) is 6.35. The highest BCUT2D eigenvalue weighted by Crippen LogP contribution is 2.23. The summed E-state index contributed by atoms with van der Waals surface area (Å²) in [4.78, 5) is 12.6. The van der Waals surface area contributed by atoms with Gasteiger partial charge in [0.2, 0.25) is 0 Å². The highest BCUT2D eigenvalue weighted by molar-refractivity contribution is 9.10. The van der Waals surface area contributed by atoms with Gasteiger partial charge in [-0.1, -0.05) is 12.1 Å². The normalized spacial score (nSPS) is 12.1. The molecule has 0 N–H and O–H groups in total. The molecule has 0 aliphatic rings. The van der Waals surface area contributed by atoms with Gasteiger partial charge < -0.3 is 4.74 Å². The van der Waals surface area contributed by atoms with Gasteiger partial charge in [-0.25, -0.2) is 4.79 Å². The second-order valence-corrected chi connectivity index (χ2v) is 6.54. The molecule has 0 amide bonds. The summed E-state index contributed by atoms with van der Waals surface area (Å²) in [6.07, 6.45) is 1.45. The molecule has 0 saturated heterocycles. The van der Waals surface area contributed by atoms with Crippen LogP contribution in [-0.2, 0) is 28.3 Å². The van der Waals surface area contributed by atoms with Crippen LogP contribution in [0.4, 0.5) is 0 Å². The van der Waals surface area contributed by atoms with Gasteiger partial charge in [-0.2, -0.15) is 5.10 Å². The van der Waals surface area contributed by atoms with Crippen molar-refractivity contribution < 1.29 is 13.7 Å². The van der Waals surface area contributed by atoms with Gasteiger partial charge in [0, 0.05) is 11.5 Å². The van der Waals surface area contributed by atoms with Crippen molar-refractivity contribution in [1.29, 1.82) is 0 Å². The van der Waals surface area contributed by atoms with Gasteiger partial charge in [0.25, 0.3) is 0 Å². The number of hydrogen-bond donors (Lipinski definition) is 0. The van der Waals surface area contributed by atoms with Crippen LogP contribution in [0.1, 0.15) is 23.0 Å². The van der Waals surface area contributed by atoms with Gasteiger partial charge in [0.15, 0.2) is 0 Å². The molecule has 0 radical (unpaired) electrons. The van der Waals surface area contributed by atoms with E-state index in [9.17, 15) is 9.00 Å². The third-order valence-corrected chi connectivity index (χ3v) is 5.24. The van der Waals surface area contributed by atoms with Crippen molar-refractivity contribution in [1.82, 2.24) is 9.78 Å². The topological polar surface area (TPSA) is 61.2 Å². The van der Waals surface area contributed by atoms with Gasteiger partial charge in [-0.3, -0.25) is 8.89 Å². The van der Waals surface area contributed by atoms with Crippen LogP contribution in [0.2, 0.25) is 0 Å². The monoisotopic (exact) mass is 370 g/mol. The van der Waals surface area contributed by atoms with Crippen molar-refractivity contribution in [2.24, 2.45) is 7.05 Å². The minimum Gasteiger partial charge on any atom is -0.462 e. The number of carbonyl (C=O) groups is 1. The standard InChI is InChI=1S/C14H15BrN2O3S/c1-3-20-14(18)10-8-16-17(2)12(10)9-21(19)13-7-5-4-6-11(13)15/h4-8H,3,9H2,1-2H3. The zero-order valence-electron chi connectivity index (χ0n) is 11.7. The predicted molar refractivity (Wildman–Crippen MR) is 83.4 cm³/mol. The quantitative estimate of drug-likeness (QED) is 0.759. The predicted octanol–water partition coefficient (Wildman–Crippen LogP) is 2.67. The van der Waals surface area contributed by atoms with Crippen LogP contribution in [0.15, 0.2) is 39.8 Å². The fraction of sp³-hybridized carbons (Fsp3) is 0.286. The lowest BCUT2D eigenvalue weighted by Gasteiger charge is -2.07. The molecule has 1 atom stereocenters. The molecule has 1 aromatic carbocycles. The van der Waals surface area contributed by atoms with Gasteiger partial charge in [-0.15, -0.1) is 0 Å². The fourth-order valence-corrected chi connectivity index (χ4v) is 3.93. The zero-order valence-corrected chi connectivity index (χ0v) is 14.1. The van der Waals surface area contributed by atoms with Gasteiger partial charge in [0.05, 0.1) is 39.9 Å². The lowest BCUT2D eigenvalue weighted by Crippen LogP contribution is -2.11. The first kappa shape index (κ1) is 15.9. The largest absolute Gasteiger partial charge is 0.462 e. The Labute approximate surface area is 133 Å². The number of nitrogens with zero attached hydrogens (tertiary/aromatic N) is 2. The summed E-state index contributed by atoms with van der Waals surface area (Å²) in [6.45, 7) is 2.04. The molecule has 0 aliphatic carbocycles.